The third kappa shape index (κ3) is 30.1. The van der Waals surface area contributed by atoms with Gasteiger partial charge in [-0.15, -0.1) is 0 Å². The number of esters is 2. The Kier molecular flexibility index (Phi) is 34.9. The number of aliphatic hydroxyl groups is 4. The van der Waals surface area contributed by atoms with Gasteiger partial charge in [0.15, 0.2) is 12.4 Å². The van der Waals surface area contributed by atoms with Gasteiger partial charge in [-0.1, -0.05) is 169 Å². The van der Waals surface area contributed by atoms with E-state index in [0.717, 1.165) is 32.1 Å². The molecule has 0 spiro atoms. The van der Waals surface area contributed by atoms with E-state index in [1.54, 1.807) is 12.2 Å². The van der Waals surface area contributed by atoms with Gasteiger partial charge in [0.05, 0.1) is 13.2 Å². The van der Waals surface area contributed by atoms with Crippen molar-refractivity contribution in [1.29, 1.82) is 0 Å². The van der Waals surface area contributed by atoms with Crippen LogP contribution in [0.4, 0.5) is 0 Å². The molecule has 0 aliphatic carbocycles. The second kappa shape index (κ2) is 38.6. The summed E-state index contributed by atoms with van der Waals surface area (Å²) in [5.41, 5.74) is 0. The van der Waals surface area contributed by atoms with E-state index < -0.39 is 55.4 Å². The fraction of sp³-hybridized carbons (Fsp3) is 0.592. The van der Waals surface area contributed by atoms with Gasteiger partial charge in [-0.3, -0.25) is 4.79 Å². The minimum atomic E-state index is -1.63. The predicted octanol–water partition coefficient (Wildman–Crippen LogP) is 9.33. The second-order valence-electron chi connectivity index (χ2n) is 14.6. The van der Waals surface area contributed by atoms with Crippen molar-refractivity contribution in [2.75, 3.05) is 19.8 Å². The lowest BCUT2D eigenvalue weighted by Gasteiger charge is -2.39. The van der Waals surface area contributed by atoms with E-state index >= 15 is 0 Å². The number of allylic oxidation sites excluding steroid dienone is 17. The van der Waals surface area contributed by atoms with Crippen LogP contribution in [0, 0.1) is 0 Å². The summed E-state index contributed by atoms with van der Waals surface area (Å²) in [6.07, 6.45) is 45.9. The van der Waals surface area contributed by atoms with Crippen molar-refractivity contribution in [2.24, 2.45) is 0 Å². The molecule has 0 amide bonds. The van der Waals surface area contributed by atoms with Gasteiger partial charge in [0, 0.05) is 12.5 Å². The van der Waals surface area contributed by atoms with Crippen LogP contribution in [-0.4, -0.2) is 89.0 Å². The summed E-state index contributed by atoms with van der Waals surface area (Å²) in [6, 6.07) is 0. The zero-order chi connectivity index (χ0) is 43.0. The molecule has 0 aromatic rings. The number of hydrogen-bond donors (Lipinski definition) is 4. The Morgan fingerprint density at radius 3 is 1.71 bits per heavy atom. The van der Waals surface area contributed by atoms with Gasteiger partial charge in [-0.25, -0.2) is 4.79 Å². The molecule has 0 radical (unpaired) electrons. The summed E-state index contributed by atoms with van der Waals surface area (Å²) in [5.74, 6) is -1.19. The number of aliphatic hydroxyl groups excluding tert-OH is 4. The van der Waals surface area contributed by atoms with Crippen LogP contribution in [0.25, 0.3) is 0 Å². The van der Waals surface area contributed by atoms with Gasteiger partial charge in [-0.2, -0.15) is 0 Å². The normalized spacial score (nSPS) is 21.1. The van der Waals surface area contributed by atoms with Crippen LogP contribution >= 0.6 is 0 Å². The summed E-state index contributed by atoms with van der Waals surface area (Å²) in [6.45, 7) is 3.13. The fourth-order valence-electron chi connectivity index (χ4n) is 5.83. The van der Waals surface area contributed by atoms with Crippen LogP contribution in [0.1, 0.15) is 129 Å². The van der Waals surface area contributed by atoms with Crippen molar-refractivity contribution in [3.05, 3.63) is 109 Å². The summed E-state index contributed by atoms with van der Waals surface area (Å²) < 4.78 is 21.8. The molecule has 1 rings (SSSR count). The van der Waals surface area contributed by atoms with E-state index in [9.17, 15) is 30.0 Å². The highest BCUT2D eigenvalue weighted by molar-refractivity contribution is 5.82. The minimum absolute atomic E-state index is 0.117. The molecule has 10 nitrogen and oxygen atoms in total. The lowest BCUT2D eigenvalue weighted by atomic mass is 9.99. The lowest BCUT2D eigenvalue weighted by Crippen LogP contribution is -2.59. The third-order valence-corrected chi connectivity index (χ3v) is 9.33. The van der Waals surface area contributed by atoms with Crippen LogP contribution in [0.3, 0.4) is 0 Å². The van der Waals surface area contributed by atoms with Gasteiger partial charge < -0.3 is 39.4 Å². The number of hydrogen-bond acceptors (Lipinski definition) is 10. The van der Waals surface area contributed by atoms with E-state index in [2.05, 4.69) is 68.5 Å². The minimum Gasteiger partial charge on any atom is -0.458 e. The molecule has 10 heteroatoms. The number of ether oxygens (including phenoxy) is 4. The smallest absolute Gasteiger partial charge is 0.330 e. The second-order valence-corrected chi connectivity index (χ2v) is 14.6. The van der Waals surface area contributed by atoms with Gasteiger partial charge in [0.1, 0.15) is 31.0 Å². The summed E-state index contributed by atoms with van der Waals surface area (Å²) >= 11 is 0. The third-order valence-electron chi connectivity index (χ3n) is 9.33. The molecule has 6 atom stereocenters. The first-order valence-electron chi connectivity index (χ1n) is 22.0. The van der Waals surface area contributed by atoms with Crippen LogP contribution < -0.4 is 0 Å². The molecule has 59 heavy (non-hydrogen) atoms. The van der Waals surface area contributed by atoms with Crippen molar-refractivity contribution >= 4 is 11.9 Å². The number of unbranched alkanes of at least 4 members (excludes halogenated alkanes) is 11. The number of rotatable bonds is 34. The molecule has 0 bridgehead atoms. The topological polar surface area (TPSA) is 152 Å². The van der Waals surface area contributed by atoms with Crippen LogP contribution in [0.5, 0.6) is 0 Å². The first-order chi connectivity index (χ1) is 28.8. The Morgan fingerprint density at radius 1 is 0.576 bits per heavy atom. The van der Waals surface area contributed by atoms with E-state index in [-0.39, 0.29) is 19.6 Å². The predicted molar refractivity (Wildman–Crippen MR) is 237 cm³/mol. The molecular weight excluding hydrogens is 749 g/mol. The molecule has 1 unspecified atom stereocenters. The van der Waals surface area contributed by atoms with Gasteiger partial charge in [0.2, 0.25) is 0 Å². The maximum Gasteiger partial charge on any atom is 0.330 e. The molecule has 332 valence electrons. The van der Waals surface area contributed by atoms with Crippen molar-refractivity contribution in [1.82, 2.24) is 0 Å². The molecule has 4 N–H and O–H groups in total. The first kappa shape index (κ1) is 53.4. The van der Waals surface area contributed by atoms with Crippen LogP contribution in [-0.2, 0) is 28.5 Å². The maximum atomic E-state index is 12.7. The zero-order valence-corrected chi connectivity index (χ0v) is 35.9. The summed E-state index contributed by atoms with van der Waals surface area (Å²) in [4.78, 5) is 25.2. The quantitative estimate of drug-likeness (QED) is 0.0162. The molecule has 1 heterocycles. The van der Waals surface area contributed by atoms with Crippen molar-refractivity contribution in [3.8, 4) is 0 Å². The Balaban J connectivity index is 2.51. The Bertz CT molecular complexity index is 1320. The molecule has 0 aromatic heterocycles. The van der Waals surface area contributed by atoms with Crippen LogP contribution in [0.15, 0.2) is 109 Å². The molecule has 1 saturated heterocycles. The largest absolute Gasteiger partial charge is 0.458 e. The van der Waals surface area contributed by atoms with Gasteiger partial charge >= 0.3 is 11.9 Å². The molecule has 1 aliphatic heterocycles. The van der Waals surface area contributed by atoms with Crippen molar-refractivity contribution < 1.29 is 49.0 Å². The highest BCUT2D eigenvalue weighted by Gasteiger charge is 2.44. The van der Waals surface area contributed by atoms with E-state index in [4.69, 9.17) is 18.9 Å². The van der Waals surface area contributed by atoms with Crippen LogP contribution in [0.2, 0.25) is 0 Å². The van der Waals surface area contributed by atoms with Crippen molar-refractivity contribution in [2.45, 2.75) is 166 Å². The highest BCUT2D eigenvalue weighted by Crippen LogP contribution is 2.22. The van der Waals surface area contributed by atoms with E-state index in [0.29, 0.717) is 12.8 Å². The highest BCUT2D eigenvalue weighted by atomic mass is 16.7. The molecule has 0 saturated carbocycles. The van der Waals surface area contributed by atoms with Gasteiger partial charge in [-0.05, 0) is 57.8 Å². The first-order valence-corrected chi connectivity index (χ1v) is 22.0. The fourth-order valence-corrected chi connectivity index (χ4v) is 5.83. The Hall–Kier alpha value is -3.64. The van der Waals surface area contributed by atoms with Gasteiger partial charge in [0.25, 0.3) is 0 Å². The van der Waals surface area contributed by atoms with E-state index in [1.165, 1.54) is 76.4 Å². The molecule has 1 fully saturated rings. The Morgan fingerprint density at radius 2 is 1.08 bits per heavy atom. The zero-order valence-electron chi connectivity index (χ0n) is 35.9. The molecule has 1 aliphatic rings. The van der Waals surface area contributed by atoms with Crippen molar-refractivity contribution in [3.63, 3.8) is 0 Å². The lowest BCUT2D eigenvalue weighted by molar-refractivity contribution is -0.305. The average molecular weight is 825 g/mol. The summed E-state index contributed by atoms with van der Waals surface area (Å²) in [5, 5.41) is 40.0. The standard InChI is InChI=1S/C49H76O10/c1-3-5-7-9-11-13-15-17-19-21-23-25-27-29-31-33-35-37-44(51)56-40-42(41-57-49-48(55)47(54)46(53)43(39-50)59-49)58-45(52)38-36-34-32-30-28-26-24-22-20-18-16-14-12-10-8-6-4-2/h12,14,18-21,23-27,29-33,35,37,42-43,46-50,53-55H,3-11,13,15-17,22,28,34,36,38-41H2,1-2H3/b14-12-,20-18-,21-19?,25-23?,26-24-,29-27?,32-30-,33-31?,37-35?/t42?,43-,46+,47+,48+,49-/m1/s1. The Labute approximate surface area is 355 Å². The number of carbonyl (C=O) groups excluding carboxylic acids is 2. The average Bonchev–Trinajstić information content (AvgIpc) is 3.23. The molecular formula is C49H76O10. The molecule has 0 aromatic carbocycles. The number of carbonyl (C=O) groups is 2. The monoisotopic (exact) mass is 825 g/mol. The summed E-state index contributed by atoms with van der Waals surface area (Å²) in [7, 11) is 0. The maximum absolute atomic E-state index is 12.7. The van der Waals surface area contributed by atoms with E-state index in [1.807, 2.05) is 30.4 Å². The SMILES string of the molecule is CCCCC/C=C\C/C=C\C/C=C\C/C=C\CCCC(=O)OC(COC(=O)C=CC=CC=CC=CC=CCCCCCCCCC)CO[C@@H]1O[C@H](CO)[C@H](O)[C@H](O)[C@@H]1O.